The van der Waals surface area contributed by atoms with Gasteiger partial charge in [-0.25, -0.2) is 24.9 Å². The maximum atomic E-state index is 6.50. The summed E-state index contributed by atoms with van der Waals surface area (Å²) in [4.78, 5) is 25.1. The molecule has 236 valence electrons. The fraction of sp³-hybridized carbons (Fsp3) is 0.0465. The van der Waals surface area contributed by atoms with Gasteiger partial charge in [-0.05, 0) is 42.8 Å². The molecule has 1 unspecified atom stereocenters. The third kappa shape index (κ3) is 4.90. The molecule has 0 amide bonds. The summed E-state index contributed by atoms with van der Waals surface area (Å²) in [6, 6.07) is 41.1. The van der Waals surface area contributed by atoms with Gasteiger partial charge in [0.25, 0.3) is 0 Å². The van der Waals surface area contributed by atoms with Gasteiger partial charge in [-0.1, -0.05) is 109 Å². The molecule has 5 aromatic carbocycles. The molecule has 6 nitrogen and oxygen atoms in total. The summed E-state index contributed by atoms with van der Waals surface area (Å²) in [5, 5.41) is 3.18. The van der Waals surface area contributed by atoms with Crippen LogP contribution in [0.1, 0.15) is 18.2 Å². The Hall–Kier alpha value is -6.31. The average Bonchev–Trinajstić information content (AvgIpc) is 3.76. The van der Waals surface area contributed by atoms with E-state index in [0.717, 1.165) is 77.7 Å². The smallest absolute Gasteiger partial charge is 0.164 e. The van der Waals surface area contributed by atoms with E-state index < -0.39 is 0 Å². The Morgan fingerprint density at radius 1 is 0.540 bits per heavy atom. The first kappa shape index (κ1) is 28.7. The van der Waals surface area contributed by atoms with Crippen LogP contribution in [0.4, 0.5) is 0 Å². The van der Waals surface area contributed by atoms with Crippen LogP contribution in [-0.4, -0.2) is 24.9 Å². The first-order valence-corrected chi connectivity index (χ1v) is 17.4. The fourth-order valence-corrected chi connectivity index (χ4v) is 7.90. The number of furan rings is 1. The Morgan fingerprint density at radius 3 is 1.98 bits per heavy atom. The lowest BCUT2D eigenvalue weighted by Gasteiger charge is -2.13. The molecule has 50 heavy (non-hydrogen) atoms. The lowest BCUT2D eigenvalue weighted by atomic mass is 9.99. The molecule has 1 aliphatic rings. The molecule has 4 aromatic heterocycles. The minimum atomic E-state index is 0.135. The highest BCUT2D eigenvalue weighted by atomic mass is 32.1. The van der Waals surface area contributed by atoms with Gasteiger partial charge < -0.3 is 4.42 Å². The van der Waals surface area contributed by atoms with Gasteiger partial charge in [-0.3, -0.25) is 0 Å². The molecule has 0 aliphatic heterocycles. The number of rotatable bonds is 5. The van der Waals surface area contributed by atoms with E-state index >= 15 is 0 Å². The molecule has 0 N–H and O–H groups in total. The van der Waals surface area contributed by atoms with Crippen LogP contribution in [0.3, 0.4) is 0 Å². The molecule has 1 aliphatic carbocycles. The summed E-state index contributed by atoms with van der Waals surface area (Å²) in [6.07, 6.45) is 9.43. The summed E-state index contributed by atoms with van der Waals surface area (Å²) >= 11 is 1.74. The van der Waals surface area contributed by atoms with Crippen LogP contribution in [0.2, 0.25) is 0 Å². The van der Waals surface area contributed by atoms with Crippen molar-refractivity contribution in [3.8, 4) is 45.4 Å². The number of allylic oxidation sites excluding steroid dienone is 4. The van der Waals surface area contributed by atoms with Gasteiger partial charge in [0.2, 0.25) is 0 Å². The van der Waals surface area contributed by atoms with E-state index in [-0.39, 0.29) is 5.92 Å². The summed E-state index contributed by atoms with van der Waals surface area (Å²) in [5.41, 5.74) is 7.31. The lowest BCUT2D eigenvalue weighted by molar-refractivity contribution is 0.669. The number of aromatic nitrogens is 5. The first-order chi connectivity index (χ1) is 24.7. The van der Waals surface area contributed by atoms with Crippen LogP contribution < -0.4 is 0 Å². The average molecular weight is 662 g/mol. The van der Waals surface area contributed by atoms with Crippen molar-refractivity contribution in [2.45, 2.75) is 12.3 Å². The van der Waals surface area contributed by atoms with Gasteiger partial charge in [0.1, 0.15) is 17.0 Å². The zero-order valence-electron chi connectivity index (χ0n) is 26.7. The van der Waals surface area contributed by atoms with E-state index in [4.69, 9.17) is 29.3 Å². The number of hydrogen-bond acceptors (Lipinski definition) is 7. The predicted molar refractivity (Wildman–Crippen MR) is 203 cm³/mol. The molecule has 0 spiro atoms. The number of benzene rings is 5. The maximum absolute atomic E-state index is 6.50. The molecule has 0 fully saturated rings. The zero-order chi connectivity index (χ0) is 33.0. The van der Waals surface area contributed by atoms with Crippen LogP contribution in [0.15, 0.2) is 150 Å². The Kier molecular flexibility index (Phi) is 6.70. The van der Waals surface area contributed by atoms with E-state index in [2.05, 4.69) is 72.8 Å². The van der Waals surface area contributed by atoms with Crippen molar-refractivity contribution in [1.82, 2.24) is 24.9 Å². The zero-order valence-corrected chi connectivity index (χ0v) is 27.5. The molecule has 1 atom stereocenters. The number of nitrogens with zero attached hydrogens (tertiary/aromatic N) is 5. The molecule has 0 bridgehead atoms. The van der Waals surface area contributed by atoms with Crippen LogP contribution in [-0.2, 0) is 0 Å². The number of thiophene rings is 1. The second-order valence-electron chi connectivity index (χ2n) is 12.4. The molecule has 0 radical (unpaired) electrons. The Labute approximate surface area is 291 Å². The fourth-order valence-electron chi connectivity index (χ4n) is 6.74. The van der Waals surface area contributed by atoms with E-state index in [0.29, 0.717) is 17.5 Å². The Morgan fingerprint density at radius 2 is 1.24 bits per heavy atom. The first-order valence-electron chi connectivity index (χ1n) is 16.6. The highest BCUT2D eigenvalue weighted by Crippen LogP contribution is 2.41. The lowest BCUT2D eigenvalue weighted by Crippen LogP contribution is -2.04. The van der Waals surface area contributed by atoms with Crippen LogP contribution in [0, 0.1) is 0 Å². The molecule has 9 aromatic rings. The van der Waals surface area contributed by atoms with Crippen LogP contribution in [0.25, 0.3) is 87.7 Å². The normalized spacial score (nSPS) is 14.4. The van der Waals surface area contributed by atoms with Crippen LogP contribution in [0.5, 0.6) is 0 Å². The van der Waals surface area contributed by atoms with Crippen molar-refractivity contribution in [2.75, 3.05) is 0 Å². The maximum Gasteiger partial charge on any atom is 0.164 e. The predicted octanol–water partition coefficient (Wildman–Crippen LogP) is 11.2. The van der Waals surface area contributed by atoms with Gasteiger partial charge >= 0.3 is 0 Å². The quantitative estimate of drug-likeness (QED) is 0.183. The third-order valence-electron chi connectivity index (χ3n) is 9.25. The van der Waals surface area contributed by atoms with Crippen molar-refractivity contribution in [3.63, 3.8) is 0 Å². The van der Waals surface area contributed by atoms with Crippen molar-refractivity contribution >= 4 is 53.6 Å². The highest BCUT2D eigenvalue weighted by molar-refractivity contribution is 7.26. The minimum Gasteiger partial charge on any atom is -0.456 e. The van der Waals surface area contributed by atoms with Crippen molar-refractivity contribution in [3.05, 3.63) is 151 Å². The molecule has 7 heteroatoms. The summed E-state index contributed by atoms with van der Waals surface area (Å²) in [6.45, 7) is 0. The Balaban J connectivity index is 1.11. The second-order valence-corrected chi connectivity index (χ2v) is 13.5. The summed E-state index contributed by atoms with van der Waals surface area (Å²) in [7, 11) is 0. The molecular formula is C43H27N5OS. The van der Waals surface area contributed by atoms with E-state index in [1.54, 1.807) is 11.3 Å². The van der Waals surface area contributed by atoms with Crippen molar-refractivity contribution in [2.24, 2.45) is 0 Å². The van der Waals surface area contributed by atoms with E-state index in [1.807, 2.05) is 72.8 Å². The molecule has 0 saturated heterocycles. The topological polar surface area (TPSA) is 77.6 Å². The second kappa shape index (κ2) is 11.7. The highest BCUT2D eigenvalue weighted by Gasteiger charge is 2.21. The van der Waals surface area contributed by atoms with Crippen molar-refractivity contribution in [1.29, 1.82) is 0 Å². The molecule has 10 rings (SSSR count). The standard InChI is InChI=1S/C43H27N5OS/c1-4-12-26(13-5-1)40-44-37(39-38(45-40)32-18-10-11-19-36(32)50-39)29-20-22-31-33-24-30(21-23-34(33)49-35(31)25-29)43-47-41(27-14-6-2-7-15-27)46-42(48-43)28-16-8-3-9-17-28/h1-12,14-26H,13H2. The van der Waals surface area contributed by atoms with E-state index in [1.165, 1.54) is 4.70 Å². The Bertz CT molecular complexity index is 2740. The van der Waals surface area contributed by atoms with Crippen LogP contribution >= 0.6 is 11.3 Å². The van der Waals surface area contributed by atoms with Gasteiger partial charge in [-0.15, -0.1) is 11.3 Å². The van der Waals surface area contributed by atoms with Gasteiger partial charge in [-0.2, -0.15) is 0 Å². The van der Waals surface area contributed by atoms with Gasteiger partial charge in [0.05, 0.1) is 15.9 Å². The van der Waals surface area contributed by atoms with Crippen molar-refractivity contribution < 1.29 is 4.42 Å². The minimum absolute atomic E-state index is 0.135. The van der Waals surface area contributed by atoms with Gasteiger partial charge in [0, 0.05) is 49.0 Å². The number of hydrogen-bond donors (Lipinski definition) is 0. The SMILES string of the molecule is C1=CCC(c2nc(-c3ccc4c(c3)oc3ccc(-c5nc(-c6ccccc6)nc(-c6ccccc6)n5)cc34)c3sc4ccccc4c3n2)C=C1. The molecule has 0 saturated carbocycles. The molecular weight excluding hydrogens is 635 g/mol. The number of fused-ring (bicyclic) bond motifs is 6. The largest absolute Gasteiger partial charge is 0.456 e. The van der Waals surface area contributed by atoms with Gasteiger partial charge in [0.15, 0.2) is 17.5 Å². The van der Waals surface area contributed by atoms with E-state index in [9.17, 15) is 0 Å². The monoisotopic (exact) mass is 661 g/mol. The summed E-state index contributed by atoms with van der Waals surface area (Å²) in [5.74, 6) is 2.85. The molecule has 4 heterocycles. The third-order valence-corrected chi connectivity index (χ3v) is 10.4. The summed E-state index contributed by atoms with van der Waals surface area (Å²) < 4.78 is 8.78.